The van der Waals surface area contributed by atoms with E-state index in [1.807, 2.05) is 30.3 Å². The number of benzene rings is 1. The van der Waals surface area contributed by atoms with Crippen molar-refractivity contribution < 1.29 is 31.9 Å². The van der Waals surface area contributed by atoms with Gasteiger partial charge in [-0.25, -0.2) is 0 Å². The molecule has 0 fully saturated rings. The van der Waals surface area contributed by atoms with Crippen molar-refractivity contribution in [2.75, 3.05) is 46.1 Å². The van der Waals surface area contributed by atoms with E-state index < -0.39 is 13.5 Å². The molecule has 126 valence electrons. The standard InChI is InChI=1S/C14H21BF3O4/c16-15(17,18)13-22-11-9-20-7-6-19-8-10-21-12-14-4-2-1-3-5-14/h1-5H,6-13H2/q-1. The second-order valence-corrected chi connectivity index (χ2v) is 4.55. The molecule has 0 aromatic heterocycles. The highest BCUT2D eigenvalue weighted by Crippen LogP contribution is 2.07. The Labute approximate surface area is 128 Å². The lowest BCUT2D eigenvalue weighted by Crippen LogP contribution is -2.25. The van der Waals surface area contributed by atoms with E-state index in [0.717, 1.165) is 5.56 Å². The lowest BCUT2D eigenvalue weighted by atomic mass is 9.95. The van der Waals surface area contributed by atoms with Crippen LogP contribution in [0.5, 0.6) is 0 Å². The third kappa shape index (κ3) is 11.6. The predicted octanol–water partition coefficient (Wildman–Crippen LogP) is 2.64. The van der Waals surface area contributed by atoms with Gasteiger partial charge in [0.05, 0.1) is 46.2 Å². The number of hydrogen-bond acceptors (Lipinski definition) is 4. The zero-order valence-corrected chi connectivity index (χ0v) is 12.4. The van der Waals surface area contributed by atoms with Crippen LogP contribution < -0.4 is 0 Å². The van der Waals surface area contributed by atoms with E-state index in [9.17, 15) is 12.9 Å². The first-order valence-corrected chi connectivity index (χ1v) is 7.14. The minimum Gasteiger partial charge on any atom is -0.447 e. The zero-order valence-electron chi connectivity index (χ0n) is 12.4. The summed E-state index contributed by atoms with van der Waals surface area (Å²) in [6.07, 6.45) is 0. The van der Waals surface area contributed by atoms with Crippen LogP contribution in [0.3, 0.4) is 0 Å². The molecule has 0 amide bonds. The molecule has 0 unspecified atom stereocenters. The summed E-state index contributed by atoms with van der Waals surface area (Å²) in [7, 11) is 0. The van der Waals surface area contributed by atoms with Gasteiger partial charge in [-0.3, -0.25) is 0 Å². The molecule has 4 nitrogen and oxygen atoms in total. The maximum atomic E-state index is 11.8. The van der Waals surface area contributed by atoms with E-state index in [1.165, 1.54) is 0 Å². The van der Waals surface area contributed by atoms with E-state index in [-0.39, 0.29) is 13.2 Å². The smallest absolute Gasteiger partial charge is 0.447 e. The molecule has 0 N–H and O–H groups in total. The van der Waals surface area contributed by atoms with Crippen molar-refractivity contribution in [3.05, 3.63) is 35.9 Å². The van der Waals surface area contributed by atoms with Crippen LogP contribution in [0.2, 0.25) is 0 Å². The molecule has 0 spiro atoms. The molecule has 0 saturated heterocycles. The van der Waals surface area contributed by atoms with Crippen molar-refractivity contribution in [2.45, 2.75) is 6.61 Å². The topological polar surface area (TPSA) is 36.9 Å². The monoisotopic (exact) mass is 321 g/mol. The Morgan fingerprint density at radius 1 is 0.682 bits per heavy atom. The maximum absolute atomic E-state index is 11.8. The maximum Gasteiger partial charge on any atom is 0.503 e. The van der Waals surface area contributed by atoms with Crippen molar-refractivity contribution in [2.24, 2.45) is 0 Å². The highest BCUT2D eigenvalue weighted by Gasteiger charge is 2.22. The van der Waals surface area contributed by atoms with Crippen LogP contribution in [-0.4, -0.2) is 53.1 Å². The molecule has 0 aliphatic rings. The largest absolute Gasteiger partial charge is 0.503 e. The molecular formula is C14H21BF3O4-. The van der Waals surface area contributed by atoms with Gasteiger partial charge in [-0.05, 0) is 5.56 Å². The van der Waals surface area contributed by atoms with Crippen molar-refractivity contribution in [1.29, 1.82) is 0 Å². The Balaban J connectivity index is 1.78. The van der Waals surface area contributed by atoms with E-state index in [0.29, 0.717) is 33.0 Å². The van der Waals surface area contributed by atoms with E-state index in [2.05, 4.69) is 4.74 Å². The van der Waals surface area contributed by atoms with Crippen molar-refractivity contribution in [3.8, 4) is 0 Å². The van der Waals surface area contributed by atoms with Gasteiger partial charge in [0.15, 0.2) is 0 Å². The highest BCUT2D eigenvalue weighted by atomic mass is 19.4. The van der Waals surface area contributed by atoms with Gasteiger partial charge in [0.2, 0.25) is 0 Å². The lowest BCUT2D eigenvalue weighted by molar-refractivity contribution is -0.00196. The second-order valence-electron chi connectivity index (χ2n) is 4.55. The van der Waals surface area contributed by atoms with Gasteiger partial charge in [0.1, 0.15) is 0 Å². The average Bonchev–Trinajstić information content (AvgIpc) is 2.48. The van der Waals surface area contributed by atoms with Crippen LogP contribution in [0.25, 0.3) is 0 Å². The molecule has 0 aliphatic heterocycles. The van der Waals surface area contributed by atoms with Crippen LogP contribution >= 0.6 is 0 Å². The third-order valence-corrected chi connectivity index (χ3v) is 2.53. The van der Waals surface area contributed by atoms with E-state index in [4.69, 9.17) is 14.2 Å². The van der Waals surface area contributed by atoms with Crippen molar-refractivity contribution in [1.82, 2.24) is 0 Å². The fourth-order valence-corrected chi connectivity index (χ4v) is 1.54. The molecule has 1 rings (SSSR count). The van der Waals surface area contributed by atoms with Gasteiger partial charge in [-0.1, -0.05) is 30.3 Å². The van der Waals surface area contributed by atoms with Crippen LogP contribution in [0.1, 0.15) is 5.56 Å². The minimum absolute atomic E-state index is 0.0680. The molecule has 0 atom stereocenters. The SMILES string of the molecule is F[B-](F)(F)COCCOCCOCCOCc1ccccc1. The predicted molar refractivity (Wildman–Crippen MR) is 77.6 cm³/mol. The fraction of sp³-hybridized carbons (Fsp3) is 0.571. The Morgan fingerprint density at radius 2 is 1.18 bits per heavy atom. The van der Waals surface area contributed by atoms with Gasteiger partial charge in [0.25, 0.3) is 0 Å². The number of ether oxygens (including phenoxy) is 4. The summed E-state index contributed by atoms with van der Waals surface area (Å²) in [5.74, 6) is 0. The summed E-state index contributed by atoms with van der Waals surface area (Å²) < 4.78 is 55.6. The average molecular weight is 321 g/mol. The summed E-state index contributed by atoms with van der Waals surface area (Å²) >= 11 is 0. The molecule has 8 heteroatoms. The first kappa shape index (κ1) is 19.0. The van der Waals surface area contributed by atoms with Gasteiger partial charge in [0, 0.05) is 6.51 Å². The second kappa shape index (κ2) is 11.5. The zero-order chi connectivity index (χ0) is 16.1. The number of rotatable bonds is 13. The van der Waals surface area contributed by atoms with Crippen LogP contribution in [0.4, 0.5) is 12.9 Å². The first-order valence-electron chi connectivity index (χ1n) is 7.14. The van der Waals surface area contributed by atoms with Gasteiger partial charge in [-0.15, -0.1) is 0 Å². The first-order chi connectivity index (χ1) is 10.6. The number of halogens is 3. The lowest BCUT2D eigenvalue weighted by Gasteiger charge is -2.13. The molecule has 1 aromatic rings. The van der Waals surface area contributed by atoms with Crippen LogP contribution in [0, 0.1) is 0 Å². The normalized spacial score (nSPS) is 11.8. The Hall–Kier alpha value is -1.09. The van der Waals surface area contributed by atoms with E-state index in [1.54, 1.807) is 0 Å². The Bertz CT molecular complexity index is 376. The fourth-order valence-electron chi connectivity index (χ4n) is 1.54. The summed E-state index contributed by atoms with van der Waals surface area (Å²) in [5, 5.41) is 0. The minimum atomic E-state index is -4.88. The quantitative estimate of drug-likeness (QED) is 0.413. The molecule has 0 aliphatic carbocycles. The van der Waals surface area contributed by atoms with Gasteiger partial charge >= 0.3 is 6.98 Å². The number of hydrogen-bond donors (Lipinski definition) is 0. The molecule has 0 bridgehead atoms. The molecule has 0 saturated carbocycles. The molecule has 22 heavy (non-hydrogen) atoms. The Kier molecular flexibility index (Phi) is 9.89. The summed E-state index contributed by atoms with van der Waals surface area (Å²) in [6.45, 7) is -3.84. The van der Waals surface area contributed by atoms with E-state index >= 15 is 0 Å². The summed E-state index contributed by atoms with van der Waals surface area (Å²) in [5.41, 5.74) is 1.10. The van der Waals surface area contributed by atoms with Crippen LogP contribution in [-0.2, 0) is 25.6 Å². The molecular weight excluding hydrogens is 300 g/mol. The molecule has 0 radical (unpaired) electrons. The summed E-state index contributed by atoms with van der Waals surface area (Å²) in [6, 6.07) is 9.81. The third-order valence-electron chi connectivity index (χ3n) is 2.53. The highest BCUT2D eigenvalue weighted by molar-refractivity contribution is 6.58. The Morgan fingerprint density at radius 3 is 1.73 bits per heavy atom. The van der Waals surface area contributed by atoms with Crippen molar-refractivity contribution in [3.63, 3.8) is 0 Å². The molecule has 1 aromatic carbocycles. The summed E-state index contributed by atoms with van der Waals surface area (Å²) in [4.78, 5) is 0. The molecule has 0 heterocycles. The van der Waals surface area contributed by atoms with Gasteiger partial charge in [-0.2, -0.15) is 0 Å². The van der Waals surface area contributed by atoms with Crippen LogP contribution in [0.15, 0.2) is 30.3 Å². The van der Waals surface area contributed by atoms with Crippen molar-refractivity contribution >= 4 is 6.98 Å². The van der Waals surface area contributed by atoms with Gasteiger partial charge < -0.3 is 31.9 Å².